The zero-order valence-electron chi connectivity index (χ0n) is 11.4. The van der Waals surface area contributed by atoms with Gasteiger partial charge in [-0.2, -0.15) is 4.98 Å². The van der Waals surface area contributed by atoms with Gasteiger partial charge in [-0.15, -0.1) is 0 Å². The molecule has 1 aromatic heterocycles. The molecule has 0 saturated carbocycles. The van der Waals surface area contributed by atoms with E-state index in [0.29, 0.717) is 0 Å². The van der Waals surface area contributed by atoms with Crippen molar-refractivity contribution < 1.29 is 4.52 Å². The maximum Gasteiger partial charge on any atom is 0.266 e. The molecule has 0 spiro atoms. The van der Waals surface area contributed by atoms with Crippen molar-refractivity contribution in [3.63, 3.8) is 0 Å². The standard InChI is InChI=1S/C15H18N4O/c1-2-6-13-11(5-1)12(7-8-16-13)14-17-15(18-20-14)19-9-3-4-10-19/h1-2,5-6,12,16H,3-4,7-10H2. The van der Waals surface area contributed by atoms with Gasteiger partial charge in [-0.05, 0) is 36.0 Å². The second kappa shape index (κ2) is 4.81. The molecule has 1 N–H and O–H groups in total. The fraction of sp³-hybridized carbons (Fsp3) is 0.467. The molecule has 2 aliphatic rings. The van der Waals surface area contributed by atoms with E-state index in [-0.39, 0.29) is 5.92 Å². The second-order valence-electron chi connectivity index (χ2n) is 5.48. The van der Waals surface area contributed by atoms with Gasteiger partial charge in [0.2, 0.25) is 5.89 Å². The van der Waals surface area contributed by atoms with Crippen LogP contribution in [-0.2, 0) is 0 Å². The molecule has 0 radical (unpaired) electrons. The molecule has 1 unspecified atom stereocenters. The van der Waals surface area contributed by atoms with Gasteiger partial charge in [-0.1, -0.05) is 18.2 Å². The van der Waals surface area contributed by atoms with Gasteiger partial charge in [-0.25, -0.2) is 0 Å². The van der Waals surface area contributed by atoms with Gasteiger partial charge >= 0.3 is 0 Å². The van der Waals surface area contributed by atoms with Crippen LogP contribution in [0.25, 0.3) is 0 Å². The Labute approximate surface area is 118 Å². The first-order valence-electron chi connectivity index (χ1n) is 7.33. The van der Waals surface area contributed by atoms with Crippen LogP contribution >= 0.6 is 0 Å². The van der Waals surface area contributed by atoms with Crippen LogP contribution < -0.4 is 10.2 Å². The molecule has 20 heavy (non-hydrogen) atoms. The van der Waals surface area contributed by atoms with Gasteiger partial charge < -0.3 is 14.7 Å². The summed E-state index contributed by atoms with van der Waals surface area (Å²) in [6.07, 6.45) is 3.44. The molecular formula is C15H18N4O. The number of benzene rings is 1. The van der Waals surface area contributed by atoms with Gasteiger partial charge in [0.05, 0.1) is 5.92 Å². The van der Waals surface area contributed by atoms with Crippen molar-refractivity contribution in [3.05, 3.63) is 35.7 Å². The molecule has 1 saturated heterocycles. The maximum absolute atomic E-state index is 5.54. The summed E-state index contributed by atoms with van der Waals surface area (Å²) in [5.74, 6) is 1.73. The van der Waals surface area contributed by atoms with Crippen LogP contribution in [0.2, 0.25) is 0 Å². The number of hydrogen-bond acceptors (Lipinski definition) is 5. The number of fused-ring (bicyclic) bond motifs is 1. The molecule has 2 aliphatic heterocycles. The Bertz CT molecular complexity index is 603. The SMILES string of the molecule is c1ccc2c(c1)NCCC2c1nc(N2CCCC2)no1. The Morgan fingerprint density at radius 1 is 1.20 bits per heavy atom. The molecular weight excluding hydrogens is 252 g/mol. The quantitative estimate of drug-likeness (QED) is 0.909. The number of nitrogens with zero attached hydrogens (tertiary/aromatic N) is 3. The zero-order valence-corrected chi connectivity index (χ0v) is 11.4. The van der Waals surface area contributed by atoms with Gasteiger partial charge in [0, 0.05) is 25.3 Å². The van der Waals surface area contributed by atoms with Crippen molar-refractivity contribution in [1.82, 2.24) is 10.1 Å². The minimum absolute atomic E-state index is 0.219. The first-order valence-corrected chi connectivity index (χ1v) is 7.33. The van der Waals surface area contributed by atoms with Crippen molar-refractivity contribution in [2.45, 2.75) is 25.2 Å². The average molecular weight is 270 g/mol. The van der Waals surface area contributed by atoms with E-state index in [4.69, 9.17) is 4.52 Å². The van der Waals surface area contributed by atoms with E-state index >= 15 is 0 Å². The van der Waals surface area contributed by atoms with Crippen LogP contribution in [0.5, 0.6) is 0 Å². The zero-order chi connectivity index (χ0) is 13.4. The highest BCUT2D eigenvalue weighted by molar-refractivity contribution is 5.56. The predicted octanol–water partition coefficient (Wildman–Crippen LogP) is 2.62. The smallest absolute Gasteiger partial charge is 0.266 e. The van der Waals surface area contributed by atoms with Crippen molar-refractivity contribution in [2.24, 2.45) is 0 Å². The lowest BCUT2D eigenvalue weighted by Crippen LogP contribution is -2.20. The van der Waals surface area contributed by atoms with Crippen LogP contribution in [0.4, 0.5) is 11.6 Å². The summed E-state index contributed by atoms with van der Waals surface area (Å²) < 4.78 is 5.54. The normalized spacial score (nSPS) is 21.6. The number of nitrogens with one attached hydrogen (secondary N) is 1. The summed E-state index contributed by atoms with van der Waals surface area (Å²) in [5.41, 5.74) is 2.44. The van der Waals surface area contributed by atoms with E-state index in [1.54, 1.807) is 0 Å². The summed E-state index contributed by atoms with van der Waals surface area (Å²) in [5, 5.41) is 7.59. The van der Waals surface area contributed by atoms with Crippen LogP contribution in [-0.4, -0.2) is 29.8 Å². The highest BCUT2D eigenvalue weighted by Crippen LogP contribution is 2.36. The Hall–Kier alpha value is -2.04. The largest absolute Gasteiger partial charge is 0.385 e. The Kier molecular flexibility index (Phi) is 2.83. The van der Waals surface area contributed by atoms with Crippen molar-refractivity contribution in [3.8, 4) is 0 Å². The highest BCUT2D eigenvalue weighted by atomic mass is 16.5. The third-order valence-electron chi connectivity index (χ3n) is 4.20. The number of rotatable bonds is 2. The van der Waals surface area contributed by atoms with Crippen LogP contribution in [0.3, 0.4) is 0 Å². The lowest BCUT2D eigenvalue weighted by atomic mass is 9.91. The summed E-state index contributed by atoms with van der Waals surface area (Å²) in [6, 6.07) is 8.37. The van der Waals surface area contributed by atoms with E-state index in [1.165, 1.54) is 24.1 Å². The number of para-hydroxylation sites is 1. The molecule has 4 rings (SSSR count). The number of aromatic nitrogens is 2. The lowest BCUT2D eigenvalue weighted by Gasteiger charge is -2.23. The molecule has 1 aromatic carbocycles. The second-order valence-corrected chi connectivity index (χ2v) is 5.48. The van der Waals surface area contributed by atoms with Gasteiger partial charge in [0.15, 0.2) is 0 Å². The Morgan fingerprint density at radius 2 is 2.05 bits per heavy atom. The maximum atomic E-state index is 5.54. The van der Waals surface area contributed by atoms with E-state index in [1.807, 2.05) is 0 Å². The van der Waals surface area contributed by atoms with E-state index in [9.17, 15) is 0 Å². The molecule has 1 fully saturated rings. The monoisotopic (exact) mass is 270 g/mol. The molecule has 5 heteroatoms. The van der Waals surface area contributed by atoms with Crippen LogP contribution in [0.15, 0.2) is 28.8 Å². The minimum atomic E-state index is 0.219. The fourth-order valence-electron chi connectivity index (χ4n) is 3.14. The van der Waals surface area contributed by atoms with Crippen LogP contribution in [0.1, 0.15) is 36.6 Å². The van der Waals surface area contributed by atoms with Crippen molar-refractivity contribution in [2.75, 3.05) is 29.9 Å². The van der Waals surface area contributed by atoms with Crippen molar-refractivity contribution in [1.29, 1.82) is 0 Å². The van der Waals surface area contributed by atoms with E-state index < -0.39 is 0 Å². The molecule has 0 bridgehead atoms. The summed E-state index contributed by atoms with van der Waals surface area (Å²) >= 11 is 0. The average Bonchev–Trinajstić information content (AvgIpc) is 3.17. The Balaban J connectivity index is 1.65. The molecule has 104 valence electrons. The molecule has 5 nitrogen and oxygen atoms in total. The van der Waals surface area contributed by atoms with E-state index in [2.05, 4.69) is 44.6 Å². The van der Waals surface area contributed by atoms with Gasteiger partial charge in [0.25, 0.3) is 5.95 Å². The summed E-state index contributed by atoms with van der Waals surface area (Å²) in [4.78, 5) is 6.84. The van der Waals surface area contributed by atoms with Crippen LogP contribution in [0, 0.1) is 0 Å². The number of anilines is 2. The molecule has 0 aliphatic carbocycles. The fourth-order valence-corrected chi connectivity index (χ4v) is 3.14. The first kappa shape index (κ1) is 11.8. The molecule has 3 heterocycles. The third-order valence-corrected chi connectivity index (χ3v) is 4.20. The molecule has 0 amide bonds. The highest BCUT2D eigenvalue weighted by Gasteiger charge is 2.27. The molecule has 2 aromatic rings. The summed E-state index contributed by atoms with van der Waals surface area (Å²) in [7, 11) is 0. The van der Waals surface area contributed by atoms with E-state index in [0.717, 1.165) is 37.9 Å². The van der Waals surface area contributed by atoms with Gasteiger partial charge in [0.1, 0.15) is 0 Å². The third kappa shape index (κ3) is 1.94. The summed E-state index contributed by atoms with van der Waals surface area (Å²) in [6.45, 7) is 3.03. The first-order chi connectivity index (χ1) is 9.92. The van der Waals surface area contributed by atoms with Crippen molar-refractivity contribution >= 4 is 11.6 Å². The topological polar surface area (TPSA) is 54.2 Å². The van der Waals surface area contributed by atoms with Gasteiger partial charge in [-0.3, -0.25) is 0 Å². The number of hydrogen-bond donors (Lipinski definition) is 1. The Morgan fingerprint density at radius 3 is 2.95 bits per heavy atom. The lowest BCUT2D eigenvalue weighted by molar-refractivity contribution is 0.360. The molecule has 1 atom stereocenters. The predicted molar refractivity (Wildman–Crippen MR) is 77.1 cm³/mol. The minimum Gasteiger partial charge on any atom is -0.385 e.